The lowest BCUT2D eigenvalue weighted by Gasteiger charge is -2.31. The molecule has 4 aromatic rings. The van der Waals surface area contributed by atoms with E-state index in [-0.39, 0.29) is 16.6 Å². The number of alkyl halides is 3. The van der Waals surface area contributed by atoms with Gasteiger partial charge in [0.1, 0.15) is 5.82 Å². The SMILES string of the molecule is O=C(c1cnn(-c2cccc(Cl)c2)c1C(F)(F)F)N1CCC(c2nnc3ccccn23)CC1. The predicted octanol–water partition coefficient (Wildman–Crippen LogP) is 4.61. The van der Waals surface area contributed by atoms with E-state index in [0.717, 1.165) is 17.7 Å². The summed E-state index contributed by atoms with van der Waals surface area (Å²) in [5.41, 5.74) is -0.727. The van der Waals surface area contributed by atoms with Crippen molar-refractivity contribution >= 4 is 23.2 Å². The first-order chi connectivity index (χ1) is 15.8. The van der Waals surface area contributed by atoms with Crippen LogP contribution in [0.3, 0.4) is 0 Å². The molecule has 3 aromatic heterocycles. The molecule has 0 N–H and O–H groups in total. The molecule has 11 heteroatoms. The van der Waals surface area contributed by atoms with Gasteiger partial charge in [0.05, 0.1) is 17.4 Å². The van der Waals surface area contributed by atoms with E-state index in [1.54, 1.807) is 6.07 Å². The highest BCUT2D eigenvalue weighted by Gasteiger charge is 2.42. The number of amides is 1. The van der Waals surface area contributed by atoms with Crippen molar-refractivity contribution in [1.29, 1.82) is 0 Å². The number of pyridine rings is 1. The first-order valence-electron chi connectivity index (χ1n) is 10.3. The van der Waals surface area contributed by atoms with Crippen LogP contribution in [0.5, 0.6) is 0 Å². The van der Waals surface area contributed by atoms with Crippen molar-refractivity contribution in [1.82, 2.24) is 29.3 Å². The standard InChI is InChI=1S/C22H18ClF3N6O/c23-15-4-3-5-16(12-15)32-19(22(24,25)26)17(13-27-32)21(33)30-10-7-14(8-11-30)20-29-28-18-6-1-2-9-31(18)20/h1-6,9,12-14H,7-8,10-11H2. The number of carbonyl (C=O) groups is 1. The van der Waals surface area contributed by atoms with Gasteiger partial charge >= 0.3 is 6.18 Å². The molecule has 0 unspecified atom stereocenters. The minimum Gasteiger partial charge on any atom is -0.338 e. The fraction of sp³-hybridized carbons (Fsp3) is 0.273. The second-order valence-corrected chi connectivity index (χ2v) is 8.29. The van der Waals surface area contributed by atoms with Crippen LogP contribution in [0.25, 0.3) is 11.3 Å². The smallest absolute Gasteiger partial charge is 0.338 e. The first-order valence-corrected chi connectivity index (χ1v) is 10.7. The maximum atomic E-state index is 14.0. The van der Waals surface area contributed by atoms with Crippen molar-refractivity contribution in [2.45, 2.75) is 24.9 Å². The molecule has 1 fully saturated rings. The lowest BCUT2D eigenvalue weighted by molar-refractivity contribution is -0.143. The molecule has 0 spiro atoms. The molecule has 0 aliphatic carbocycles. The quantitative estimate of drug-likeness (QED) is 0.435. The Morgan fingerprint density at radius 1 is 1.06 bits per heavy atom. The van der Waals surface area contributed by atoms with Gasteiger partial charge in [-0.15, -0.1) is 10.2 Å². The Labute approximate surface area is 191 Å². The average Bonchev–Trinajstić information content (AvgIpc) is 3.44. The molecule has 1 saturated heterocycles. The fourth-order valence-electron chi connectivity index (χ4n) is 4.23. The third kappa shape index (κ3) is 3.95. The van der Waals surface area contributed by atoms with Gasteiger partial charge in [-0.1, -0.05) is 23.7 Å². The van der Waals surface area contributed by atoms with Crippen LogP contribution in [-0.4, -0.2) is 48.3 Å². The fourth-order valence-corrected chi connectivity index (χ4v) is 4.42. The van der Waals surface area contributed by atoms with Gasteiger partial charge in [-0.25, -0.2) is 4.68 Å². The van der Waals surface area contributed by atoms with Crippen LogP contribution < -0.4 is 0 Å². The van der Waals surface area contributed by atoms with Gasteiger partial charge < -0.3 is 4.90 Å². The molecule has 1 aliphatic rings. The number of halogens is 4. The molecule has 5 rings (SSSR count). The van der Waals surface area contributed by atoms with Crippen molar-refractivity contribution in [3.8, 4) is 5.69 Å². The Kier molecular flexibility index (Phi) is 5.32. The molecule has 0 saturated carbocycles. The molecular weight excluding hydrogens is 457 g/mol. The largest absolute Gasteiger partial charge is 0.434 e. The molecule has 1 aliphatic heterocycles. The van der Waals surface area contributed by atoms with E-state index in [1.807, 2.05) is 28.8 Å². The molecule has 1 aromatic carbocycles. The number of fused-ring (bicyclic) bond motifs is 1. The summed E-state index contributed by atoms with van der Waals surface area (Å²) < 4.78 is 44.5. The Balaban J connectivity index is 1.39. The summed E-state index contributed by atoms with van der Waals surface area (Å²) in [5, 5.41) is 12.6. The number of hydrogen-bond acceptors (Lipinski definition) is 4. The molecule has 0 atom stereocenters. The Hall–Kier alpha value is -3.40. The summed E-state index contributed by atoms with van der Waals surface area (Å²) in [4.78, 5) is 14.5. The number of nitrogens with zero attached hydrogens (tertiary/aromatic N) is 6. The maximum absolute atomic E-state index is 14.0. The predicted molar refractivity (Wildman–Crippen MR) is 114 cm³/mol. The Bertz CT molecular complexity index is 1320. The number of piperidine rings is 1. The highest BCUT2D eigenvalue weighted by Crippen LogP contribution is 2.35. The minimum atomic E-state index is -4.78. The highest BCUT2D eigenvalue weighted by molar-refractivity contribution is 6.30. The first kappa shape index (κ1) is 21.4. The average molecular weight is 475 g/mol. The molecule has 33 heavy (non-hydrogen) atoms. The molecular formula is C22H18ClF3N6O. The van der Waals surface area contributed by atoms with Crippen LogP contribution >= 0.6 is 11.6 Å². The monoisotopic (exact) mass is 474 g/mol. The lowest BCUT2D eigenvalue weighted by atomic mass is 9.95. The van der Waals surface area contributed by atoms with Gasteiger partial charge in [-0.2, -0.15) is 18.3 Å². The van der Waals surface area contributed by atoms with Crippen molar-refractivity contribution in [3.63, 3.8) is 0 Å². The molecule has 0 bridgehead atoms. The zero-order valence-electron chi connectivity index (χ0n) is 17.2. The van der Waals surface area contributed by atoms with Gasteiger partial charge in [0.25, 0.3) is 5.91 Å². The van der Waals surface area contributed by atoms with Crippen LogP contribution in [-0.2, 0) is 6.18 Å². The van der Waals surface area contributed by atoms with Crippen molar-refractivity contribution in [2.24, 2.45) is 0 Å². The van der Waals surface area contributed by atoms with Crippen LogP contribution in [0.1, 0.15) is 40.6 Å². The van der Waals surface area contributed by atoms with E-state index < -0.39 is 23.3 Å². The number of likely N-dealkylation sites (tertiary alicyclic amines) is 1. The van der Waals surface area contributed by atoms with Gasteiger partial charge in [-0.3, -0.25) is 9.20 Å². The van der Waals surface area contributed by atoms with E-state index in [0.29, 0.717) is 30.6 Å². The lowest BCUT2D eigenvalue weighted by Crippen LogP contribution is -2.39. The summed E-state index contributed by atoms with van der Waals surface area (Å²) in [6, 6.07) is 11.5. The van der Waals surface area contributed by atoms with Crippen molar-refractivity contribution in [2.75, 3.05) is 13.1 Å². The second kappa shape index (κ2) is 8.18. The summed E-state index contributed by atoms with van der Waals surface area (Å²) in [5.74, 6) is 0.158. The third-order valence-corrected chi connectivity index (χ3v) is 6.04. The van der Waals surface area contributed by atoms with Crippen molar-refractivity contribution < 1.29 is 18.0 Å². The molecule has 0 radical (unpaired) electrons. The molecule has 1 amide bonds. The summed E-state index contributed by atoms with van der Waals surface area (Å²) in [7, 11) is 0. The molecule has 4 heterocycles. The van der Waals surface area contributed by atoms with E-state index in [9.17, 15) is 18.0 Å². The number of benzene rings is 1. The van der Waals surface area contributed by atoms with Gasteiger partial charge in [0.2, 0.25) is 0 Å². The zero-order valence-corrected chi connectivity index (χ0v) is 18.0. The minimum absolute atomic E-state index is 0.0581. The van der Waals surface area contributed by atoms with E-state index in [1.165, 1.54) is 23.1 Å². The van der Waals surface area contributed by atoms with Gasteiger partial charge in [0.15, 0.2) is 11.3 Å². The van der Waals surface area contributed by atoms with E-state index in [4.69, 9.17) is 11.6 Å². The van der Waals surface area contributed by atoms with Crippen LogP contribution in [0, 0.1) is 0 Å². The molecule has 170 valence electrons. The highest BCUT2D eigenvalue weighted by atomic mass is 35.5. The topological polar surface area (TPSA) is 68.3 Å². The summed E-state index contributed by atoms with van der Waals surface area (Å²) in [6.45, 7) is 0.621. The van der Waals surface area contributed by atoms with Crippen LogP contribution in [0.4, 0.5) is 13.2 Å². The number of hydrogen-bond donors (Lipinski definition) is 0. The van der Waals surface area contributed by atoms with Crippen LogP contribution in [0.15, 0.2) is 54.9 Å². The Morgan fingerprint density at radius 3 is 2.58 bits per heavy atom. The summed E-state index contributed by atoms with van der Waals surface area (Å²) >= 11 is 5.94. The zero-order chi connectivity index (χ0) is 23.2. The number of carbonyl (C=O) groups excluding carboxylic acids is 1. The maximum Gasteiger partial charge on any atom is 0.434 e. The van der Waals surface area contributed by atoms with Gasteiger partial charge in [0, 0.05) is 30.2 Å². The normalized spacial score (nSPS) is 15.3. The van der Waals surface area contributed by atoms with Crippen molar-refractivity contribution in [3.05, 3.63) is 77.0 Å². The number of rotatable bonds is 3. The number of aromatic nitrogens is 5. The second-order valence-electron chi connectivity index (χ2n) is 7.85. The van der Waals surface area contributed by atoms with Crippen LogP contribution in [0.2, 0.25) is 5.02 Å². The van der Waals surface area contributed by atoms with E-state index >= 15 is 0 Å². The summed E-state index contributed by atoms with van der Waals surface area (Å²) in [6.07, 6.45) is -0.773. The Morgan fingerprint density at radius 2 is 1.85 bits per heavy atom. The molecule has 7 nitrogen and oxygen atoms in total. The third-order valence-electron chi connectivity index (χ3n) is 5.81. The van der Waals surface area contributed by atoms with E-state index in [2.05, 4.69) is 15.3 Å². The van der Waals surface area contributed by atoms with Gasteiger partial charge in [-0.05, 0) is 43.2 Å².